The predicted octanol–water partition coefficient (Wildman–Crippen LogP) is 5.35. The van der Waals surface area contributed by atoms with E-state index in [2.05, 4.69) is 37.2 Å². The van der Waals surface area contributed by atoms with Crippen molar-refractivity contribution in [2.45, 2.75) is 20.0 Å². The van der Waals surface area contributed by atoms with Crippen LogP contribution in [0.2, 0.25) is 0 Å². The maximum Gasteiger partial charge on any atom is 0.238 e. The Morgan fingerprint density at radius 2 is 1.58 bits per heavy atom. The first-order valence-electron chi connectivity index (χ1n) is 8.04. The third-order valence-electron chi connectivity index (χ3n) is 3.74. The van der Waals surface area contributed by atoms with E-state index >= 15 is 0 Å². The van der Waals surface area contributed by atoms with Crippen LogP contribution >= 0.6 is 31.9 Å². The Balaban J connectivity index is 1.70. The zero-order valence-electron chi connectivity index (χ0n) is 14.2. The van der Waals surface area contributed by atoms with Gasteiger partial charge in [0.05, 0.1) is 37.8 Å². The summed E-state index contributed by atoms with van der Waals surface area (Å²) < 4.78 is 12.5. The molecule has 0 fully saturated rings. The molecule has 2 heterocycles. The number of amides is 1. The van der Waals surface area contributed by atoms with Crippen LogP contribution in [0.15, 0.2) is 66.7 Å². The van der Waals surface area contributed by atoms with Gasteiger partial charge in [-0.25, -0.2) is 0 Å². The molecule has 0 unspecified atom stereocenters. The van der Waals surface area contributed by atoms with Crippen LogP contribution in [-0.2, 0) is 17.9 Å². The van der Waals surface area contributed by atoms with Gasteiger partial charge in [-0.3, -0.25) is 9.69 Å². The molecule has 3 aromatic rings. The van der Waals surface area contributed by atoms with Crippen LogP contribution in [-0.4, -0.2) is 17.4 Å². The Kier molecular flexibility index (Phi) is 6.34. The van der Waals surface area contributed by atoms with Crippen molar-refractivity contribution >= 4 is 43.5 Å². The molecule has 0 spiro atoms. The van der Waals surface area contributed by atoms with Crippen LogP contribution in [0.4, 0.5) is 5.69 Å². The van der Waals surface area contributed by atoms with Crippen molar-refractivity contribution in [1.29, 1.82) is 0 Å². The Labute approximate surface area is 168 Å². The van der Waals surface area contributed by atoms with Gasteiger partial charge in [-0.2, -0.15) is 0 Å². The van der Waals surface area contributed by atoms with Gasteiger partial charge in [0, 0.05) is 8.95 Å². The summed E-state index contributed by atoms with van der Waals surface area (Å²) in [5, 5.41) is 2.96. The molecule has 7 heteroatoms. The SMILES string of the molecule is Cc1cc(Br)c(NC(=O)CN(Cc2ccco2)Cc2ccco2)c(Br)c1. The first kappa shape index (κ1) is 18.9. The molecule has 3 rings (SSSR count). The summed E-state index contributed by atoms with van der Waals surface area (Å²) in [6, 6.07) is 11.4. The highest BCUT2D eigenvalue weighted by Crippen LogP contribution is 2.32. The third kappa shape index (κ3) is 5.09. The Morgan fingerprint density at radius 1 is 1.04 bits per heavy atom. The van der Waals surface area contributed by atoms with E-state index in [-0.39, 0.29) is 12.5 Å². The summed E-state index contributed by atoms with van der Waals surface area (Å²) in [5.74, 6) is 1.47. The number of carbonyl (C=O) groups is 1. The minimum absolute atomic E-state index is 0.117. The molecule has 0 aliphatic carbocycles. The molecule has 0 saturated heterocycles. The quantitative estimate of drug-likeness (QED) is 0.494. The molecule has 1 N–H and O–H groups in total. The normalized spacial score (nSPS) is 11.1. The second-order valence-corrected chi connectivity index (χ2v) is 7.66. The van der Waals surface area contributed by atoms with Crippen molar-refractivity contribution in [2.75, 3.05) is 11.9 Å². The van der Waals surface area contributed by atoms with Crippen molar-refractivity contribution in [3.05, 3.63) is 75.0 Å². The van der Waals surface area contributed by atoms with E-state index in [0.717, 1.165) is 31.7 Å². The fourth-order valence-corrected chi connectivity index (χ4v) is 4.23. The summed E-state index contributed by atoms with van der Waals surface area (Å²) in [6.45, 7) is 3.22. The number of benzene rings is 1. The molecule has 0 radical (unpaired) electrons. The molecule has 1 aromatic carbocycles. The second kappa shape index (κ2) is 8.70. The van der Waals surface area contributed by atoms with E-state index in [4.69, 9.17) is 8.83 Å². The highest BCUT2D eigenvalue weighted by atomic mass is 79.9. The van der Waals surface area contributed by atoms with Crippen LogP contribution in [0.25, 0.3) is 0 Å². The Morgan fingerprint density at radius 3 is 2.04 bits per heavy atom. The van der Waals surface area contributed by atoms with Crippen LogP contribution < -0.4 is 5.32 Å². The number of halogens is 2. The van der Waals surface area contributed by atoms with Gasteiger partial charge < -0.3 is 14.2 Å². The van der Waals surface area contributed by atoms with E-state index < -0.39 is 0 Å². The lowest BCUT2D eigenvalue weighted by molar-refractivity contribution is -0.117. The van der Waals surface area contributed by atoms with E-state index in [0.29, 0.717) is 13.1 Å². The van der Waals surface area contributed by atoms with E-state index in [9.17, 15) is 4.79 Å². The number of rotatable bonds is 7. The number of hydrogen-bond acceptors (Lipinski definition) is 4. The van der Waals surface area contributed by atoms with Crippen molar-refractivity contribution < 1.29 is 13.6 Å². The molecule has 0 bridgehead atoms. The van der Waals surface area contributed by atoms with Gasteiger partial charge >= 0.3 is 0 Å². The van der Waals surface area contributed by atoms with Gasteiger partial charge in [0.2, 0.25) is 5.91 Å². The number of aryl methyl sites for hydroxylation is 1. The molecule has 0 aliphatic heterocycles. The van der Waals surface area contributed by atoms with Crippen LogP contribution in [0.5, 0.6) is 0 Å². The zero-order valence-corrected chi connectivity index (χ0v) is 17.3. The summed E-state index contributed by atoms with van der Waals surface area (Å²) in [7, 11) is 0. The molecule has 0 saturated carbocycles. The maximum atomic E-state index is 12.6. The molecule has 2 aromatic heterocycles. The zero-order chi connectivity index (χ0) is 18.5. The first-order valence-corrected chi connectivity index (χ1v) is 9.62. The highest BCUT2D eigenvalue weighted by molar-refractivity contribution is 9.11. The van der Waals surface area contributed by atoms with Crippen molar-refractivity contribution in [3.8, 4) is 0 Å². The number of hydrogen-bond donors (Lipinski definition) is 1. The fraction of sp³-hybridized carbons (Fsp3) is 0.211. The third-order valence-corrected chi connectivity index (χ3v) is 4.99. The van der Waals surface area contributed by atoms with Crippen molar-refractivity contribution in [3.63, 3.8) is 0 Å². The molecule has 136 valence electrons. The average molecular weight is 482 g/mol. The minimum Gasteiger partial charge on any atom is -0.468 e. The maximum absolute atomic E-state index is 12.6. The van der Waals surface area contributed by atoms with Gasteiger partial charge in [-0.15, -0.1) is 0 Å². The summed E-state index contributed by atoms with van der Waals surface area (Å²) in [4.78, 5) is 14.6. The van der Waals surface area contributed by atoms with Gasteiger partial charge in [0.15, 0.2) is 0 Å². The van der Waals surface area contributed by atoms with Gasteiger partial charge in [-0.05, 0) is 80.7 Å². The molecule has 0 atom stereocenters. The smallest absolute Gasteiger partial charge is 0.238 e. The topological polar surface area (TPSA) is 58.6 Å². The molecular weight excluding hydrogens is 464 g/mol. The first-order chi connectivity index (χ1) is 12.5. The molecule has 26 heavy (non-hydrogen) atoms. The number of nitrogens with zero attached hydrogens (tertiary/aromatic N) is 1. The van der Waals surface area contributed by atoms with Gasteiger partial charge in [-0.1, -0.05) is 0 Å². The number of nitrogens with one attached hydrogen (secondary N) is 1. The van der Waals surface area contributed by atoms with E-state index in [1.165, 1.54) is 0 Å². The molecule has 0 aliphatic rings. The molecule has 1 amide bonds. The van der Waals surface area contributed by atoms with Crippen molar-refractivity contribution in [2.24, 2.45) is 0 Å². The lowest BCUT2D eigenvalue weighted by atomic mass is 10.2. The van der Waals surface area contributed by atoms with Gasteiger partial charge in [0.1, 0.15) is 11.5 Å². The van der Waals surface area contributed by atoms with Crippen LogP contribution in [0, 0.1) is 6.92 Å². The van der Waals surface area contributed by atoms with Gasteiger partial charge in [0.25, 0.3) is 0 Å². The Bertz CT molecular complexity index is 802. The highest BCUT2D eigenvalue weighted by Gasteiger charge is 2.17. The lowest BCUT2D eigenvalue weighted by Gasteiger charge is -2.20. The predicted molar refractivity (Wildman–Crippen MR) is 107 cm³/mol. The minimum atomic E-state index is -0.117. The standard InChI is InChI=1S/C19H18Br2N2O3/c1-13-8-16(20)19(17(21)9-13)22-18(24)12-23(10-14-4-2-6-25-14)11-15-5-3-7-26-15/h2-9H,10-12H2,1H3,(H,22,24). The fourth-order valence-electron chi connectivity index (χ4n) is 2.61. The number of carbonyl (C=O) groups excluding carboxylic acids is 1. The number of anilines is 1. The monoisotopic (exact) mass is 480 g/mol. The lowest BCUT2D eigenvalue weighted by Crippen LogP contribution is -2.32. The van der Waals surface area contributed by atoms with Crippen molar-refractivity contribution in [1.82, 2.24) is 4.90 Å². The van der Waals surface area contributed by atoms with Crippen LogP contribution in [0.3, 0.4) is 0 Å². The largest absolute Gasteiger partial charge is 0.468 e. The second-order valence-electron chi connectivity index (χ2n) is 5.96. The summed E-state index contributed by atoms with van der Waals surface area (Å²) in [5.41, 5.74) is 1.82. The number of furan rings is 2. The summed E-state index contributed by atoms with van der Waals surface area (Å²) >= 11 is 7.00. The Hall–Kier alpha value is -1.83. The van der Waals surface area contributed by atoms with E-state index in [1.807, 2.05) is 48.2 Å². The average Bonchev–Trinajstić information content (AvgIpc) is 3.24. The van der Waals surface area contributed by atoms with Crippen LogP contribution in [0.1, 0.15) is 17.1 Å². The molecule has 5 nitrogen and oxygen atoms in total. The summed E-state index contributed by atoms with van der Waals surface area (Å²) in [6.07, 6.45) is 3.25. The molecular formula is C19H18Br2N2O3. The van der Waals surface area contributed by atoms with E-state index in [1.54, 1.807) is 12.5 Å².